The van der Waals surface area contributed by atoms with Crippen molar-refractivity contribution >= 4 is 11.7 Å². The van der Waals surface area contributed by atoms with Crippen molar-refractivity contribution in [3.8, 4) is 0 Å². The molecule has 1 aromatic heterocycles. The third kappa shape index (κ3) is 4.91. The summed E-state index contributed by atoms with van der Waals surface area (Å²) in [7, 11) is 0. The van der Waals surface area contributed by atoms with E-state index in [-0.39, 0.29) is 17.8 Å². The number of anilines is 1. The number of halogens is 3. The van der Waals surface area contributed by atoms with Gasteiger partial charge in [0, 0.05) is 32.6 Å². The average Bonchev–Trinajstić information content (AvgIpc) is 3.22. The first kappa shape index (κ1) is 22.6. The maximum absolute atomic E-state index is 13.8. The van der Waals surface area contributed by atoms with Crippen LogP contribution < -0.4 is 10.6 Å². The van der Waals surface area contributed by atoms with Crippen molar-refractivity contribution in [3.63, 3.8) is 0 Å². The Labute approximate surface area is 184 Å². The monoisotopic (exact) mass is 451 g/mol. The van der Waals surface area contributed by atoms with Crippen molar-refractivity contribution in [2.75, 3.05) is 44.7 Å². The minimum atomic E-state index is -4.48. The molecule has 2 aliphatic rings. The Balaban J connectivity index is 1.51. The molecule has 2 unspecified atom stereocenters. The molecule has 32 heavy (non-hydrogen) atoms. The van der Waals surface area contributed by atoms with Gasteiger partial charge in [-0.2, -0.15) is 18.3 Å². The highest BCUT2D eigenvalue weighted by atomic mass is 19.4. The van der Waals surface area contributed by atoms with Gasteiger partial charge in [0.1, 0.15) is 11.4 Å². The van der Waals surface area contributed by atoms with E-state index in [0.717, 1.165) is 35.3 Å². The zero-order chi connectivity index (χ0) is 22.7. The molecule has 10 heteroatoms. The molecule has 7 nitrogen and oxygen atoms in total. The predicted octanol–water partition coefficient (Wildman–Crippen LogP) is 3.17. The number of nitrogens with one attached hydrogen (secondary N) is 2. The number of carbonyl (C=O) groups excluding carboxylic acids is 1. The number of aryl methyl sites for hydroxylation is 1. The summed E-state index contributed by atoms with van der Waals surface area (Å²) in [6.45, 7) is 5.99. The van der Waals surface area contributed by atoms with Gasteiger partial charge in [-0.25, -0.2) is 4.68 Å². The molecule has 1 amide bonds. The van der Waals surface area contributed by atoms with Crippen molar-refractivity contribution in [1.82, 2.24) is 20.0 Å². The first-order valence-corrected chi connectivity index (χ1v) is 10.9. The summed E-state index contributed by atoms with van der Waals surface area (Å²) in [4.78, 5) is 14.9. The molecule has 2 aliphatic heterocycles. The molecule has 4 rings (SSSR count). The molecule has 3 heterocycles. The number of rotatable bonds is 6. The fraction of sp³-hybridized carbons (Fsp3) is 0.545. The number of nitrogens with zero attached hydrogens (tertiary/aromatic N) is 3. The van der Waals surface area contributed by atoms with Crippen LogP contribution in [0.5, 0.6) is 0 Å². The number of fused-ring (bicyclic) bond motifs is 1. The zero-order valence-electron chi connectivity index (χ0n) is 18.0. The fourth-order valence-electron chi connectivity index (χ4n) is 4.18. The molecule has 0 aliphatic carbocycles. The second-order valence-electron chi connectivity index (χ2n) is 8.15. The van der Waals surface area contributed by atoms with Crippen molar-refractivity contribution in [2.24, 2.45) is 0 Å². The highest BCUT2D eigenvalue weighted by Gasteiger charge is 2.47. The van der Waals surface area contributed by atoms with E-state index in [1.165, 1.54) is 6.20 Å². The number of carbonyl (C=O) groups is 1. The van der Waals surface area contributed by atoms with Crippen LogP contribution in [0.15, 0.2) is 30.5 Å². The average molecular weight is 451 g/mol. The lowest BCUT2D eigenvalue weighted by molar-refractivity contribution is -0.173. The van der Waals surface area contributed by atoms with E-state index in [1.807, 2.05) is 31.2 Å². The van der Waals surface area contributed by atoms with Crippen LogP contribution in [0.3, 0.4) is 0 Å². The number of ether oxygens (including phenoxy) is 1. The van der Waals surface area contributed by atoms with E-state index in [4.69, 9.17) is 4.74 Å². The number of hydrogen-bond donors (Lipinski definition) is 2. The third-order valence-electron chi connectivity index (χ3n) is 6.09. The Morgan fingerprint density at radius 2 is 1.97 bits per heavy atom. The Kier molecular flexibility index (Phi) is 6.71. The number of hydrogen-bond acceptors (Lipinski definition) is 5. The van der Waals surface area contributed by atoms with Gasteiger partial charge in [0.2, 0.25) is 0 Å². The van der Waals surface area contributed by atoms with Crippen LogP contribution in [-0.2, 0) is 11.2 Å². The zero-order valence-corrected chi connectivity index (χ0v) is 18.0. The van der Waals surface area contributed by atoms with E-state index in [9.17, 15) is 18.0 Å². The van der Waals surface area contributed by atoms with E-state index >= 15 is 0 Å². The molecular weight excluding hydrogens is 423 g/mol. The summed E-state index contributed by atoms with van der Waals surface area (Å²) >= 11 is 0. The van der Waals surface area contributed by atoms with Crippen molar-refractivity contribution in [3.05, 3.63) is 47.2 Å². The van der Waals surface area contributed by atoms with Crippen molar-refractivity contribution < 1.29 is 22.7 Å². The Bertz CT molecular complexity index is 923. The van der Waals surface area contributed by atoms with Gasteiger partial charge in [0.05, 0.1) is 25.5 Å². The van der Waals surface area contributed by atoms with E-state index < -0.39 is 24.2 Å². The van der Waals surface area contributed by atoms with Gasteiger partial charge in [0.25, 0.3) is 5.91 Å². The number of aromatic nitrogens is 2. The largest absolute Gasteiger partial charge is 0.410 e. The molecule has 2 atom stereocenters. The number of benzene rings is 1. The van der Waals surface area contributed by atoms with Gasteiger partial charge < -0.3 is 15.4 Å². The van der Waals surface area contributed by atoms with Crippen molar-refractivity contribution in [2.45, 2.75) is 38.0 Å². The molecule has 0 saturated carbocycles. The van der Waals surface area contributed by atoms with Crippen LogP contribution in [0.1, 0.15) is 46.9 Å². The molecule has 0 radical (unpaired) electrons. The normalized spacial score (nSPS) is 21.6. The smallest absolute Gasteiger partial charge is 0.379 e. The Hall–Kier alpha value is -2.59. The minimum absolute atomic E-state index is 0.104. The predicted molar refractivity (Wildman–Crippen MR) is 114 cm³/mol. The highest BCUT2D eigenvalue weighted by molar-refractivity contribution is 5.98. The lowest BCUT2D eigenvalue weighted by Crippen LogP contribution is -2.41. The maximum Gasteiger partial charge on any atom is 0.410 e. The van der Waals surface area contributed by atoms with Crippen LogP contribution in [0, 0.1) is 0 Å². The molecule has 0 spiro atoms. The quantitative estimate of drug-likeness (QED) is 0.706. The fourth-order valence-corrected chi connectivity index (χ4v) is 4.18. The topological polar surface area (TPSA) is 71.4 Å². The third-order valence-corrected chi connectivity index (χ3v) is 6.09. The minimum Gasteiger partial charge on any atom is -0.379 e. The van der Waals surface area contributed by atoms with E-state index in [1.54, 1.807) is 0 Å². The summed E-state index contributed by atoms with van der Waals surface area (Å²) in [6, 6.07) is 5.16. The van der Waals surface area contributed by atoms with E-state index in [0.29, 0.717) is 26.3 Å². The van der Waals surface area contributed by atoms with Gasteiger partial charge in [-0.1, -0.05) is 31.2 Å². The van der Waals surface area contributed by atoms with Crippen molar-refractivity contribution in [1.29, 1.82) is 0 Å². The second kappa shape index (κ2) is 9.50. The van der Waals surface area contributed by atoms with Gasteiger partial charge >= 0.3 is 6.18 Å². The summed E-state index contributed by atoms with van der Waals surface area (Å²) < 4.78 is 47.7. The SMILES string of the molecule is CCc1ccc(C2CC(C(F)(F)F)n3ncc(C(=O)NCCN4CCOCC4)c3N2)cc1. The van der Waals surface area contributed by atoms with Crippen LogP contribution in [-0.4, -0.2) is 66.2 Å². The summed E-state index contributed by atoms with van der Waals surface area (Å²) in [5, 5.41) is 9.87. The molecule has 0 bridgehead atoms. The Morgan fingerprint density at radius 1 is 1.25 bits per heavy atom. The van der Waals surface area contributed by atoms with Gasteiger partial charge in [-0.15, -0.1) is 0 Å². The second-order valence-corrected chi connectivity index (χ2v) is 8.15. The van der Waals surface area contributed by atoms with Gasteiger partial charge in [-0.05, 0) is 17.5 Å². The highest BCUT2D eigenvalue weighted by Crippen LogP contribution is 2.44. The number of amides is 1. The lowest BCUT2D eigenvalue weighted by Gasteiger charge is -2.34. The van der Waals surface area contributed by atoms with Crippen LogP contribution in [0.2, 0.25) is 0 Å². The van der Waals surface area contributed by atoms with Gasteiger partial charge in [0.15, 0.2) is 6.04 Å². The molecule has 1 aromatic carbocycles. The maximum atomic E-state index is 13.8. The van der Waals surface area contributed by atoms with Gasteiger partial charge in [-0.3, -0.25) is 9.69 Å². The van der Waals surface area contributed by atoms with Crippen LogP contribution in [0.25, 0.3) is 0 Å². The number of morpholine rings is 1. The molecule has 174 valence electrons. The summed E-state index contributed by atoms with van der Waals surface area (Å²) in [5.74, 6) is -0.332. The molecule has 2 N–H and O–H groups in total. The van der Waals surface area contributed by atoms with E-state index in [2.05, 4.69) is 20.6 Å². The first-order chi connectivity index (χ1) is 15.4. The summed E-state index contributed by atoms with van der Waals surface area (Å²) in [6.07, 6.45) is -2.60. The molecule has 1 fully saturated rings. The summed E-state index contributed by atoms with van der Waals surface area (Å²) in [5.41, 5.74) is 1.99. The molecular formula is C22H28F3N5O2. The van der Waals surface area contributed by atoms with Crippen LogP contribution >= 0.6 is 0 Å². The number of alkyl halides is 3. The van der Waals surface area contributed by atoms with Crippen LogP contribution in [0.4, 0.5) is 19.0 Å². The first-order valence-electron chi connectivity index (χ1n) is 10.9. The lowest BCUT2D eigenvalue weighted by atomic mass is 9.95. The standard InChI is InChI=1S/C22H28F3N5O2/c1-2-15-3-5-16(6-4-15)18-13-19(22(23,24)25)30-20(28-18)17(14-27-30)21(31)26-7-8-29-9-11-32-12-10-29/h3-6,14,18-19,28H,2,7-13H2,1H3,(H,26,31). The molecule has 2 aromatic rings. The Morgan fingerprint density at radius 3 is 2.62 bits per heavy atom. The molecule has 1 saturated heterocycles.